The van der Waals surface area contributed by atoms with Gasteiger partial charge in [0.05, 0.1) is 11.1 Å². The lowest BCUT2D eigenvalue weighted by Crippen LogP contribution is -1.99. The molecule has 0 amide bonds. The van der Waals surface area contributed by atoms with E-state index in [1.807, 2.05) is 0 Å². The molecule has 22 heavy (non-hydrogen) atoms. The molecule has 0 saturated carbocycles. The first-order valence-corrected chi connectivity index (χ1v) is 6.46. The van der Waals surface area contributed by atoms with Gasteiger partial charge in [0.15, 0.2) is 5.78 Å². The zero-order chi connectivity index (χ0) is 16.3. The van der Waals surface area contributed by atoms with E-state index in [2.05, 4.69) is 0 Å². The van der Waals surface area contributed by atoms with Gasteiger partial charge in [-0.05, 0) is 42.0 Å². The van der Waals surface area contributed by atoms with Gasteiger partial charge < -0.3 is 5.11 Å². The van der Waals surface area contributed by atoms with Crippen molar-refractivity contribution in [3.05, 3.63) is 75.8 Å². The van der Waals surface area contributed by atoms with Crippen LogP contribution in [0.5, 0.6) is 0 Å². The van der Waals surface area contributed by atoms with E-state index in [0.717, 1.165) is 18.2 Å². The Morgan fingerprint density at radius 1 is 1.09 bits per heavy atom. The summed E-state index contributed by atoms with van der Waals surface area (Å²) in [7, 11) is 0. The molecule has 0 aliphatic heterocycles. The Morgan fingerprint density at radius 3 is 2.41 bits per heavy atom. The van der Waals surface area contributed by atoms with Crippen LogP contribution in [-0.4, -0.2) is 16.9 Å². The van der Waals surface area contributed by atoms with Gasteiger partial charge in [-0.15, -0.1) is 0 Å². The largest absolute Gasteiger partial charge is 0.478 e. The summed E-state index contributed by atoms with van der Waals surface area (Å²) in [5.74, 6) is -3.51. The summed E-state index contributed by atoms with van der Waals surface area (Å²) in [6, 6.07) is 6.65. The van der Waals surface area contributed by atoms with E-state index in [-0.39, 0.29) is 16.1 Å². The predicted octanol–water partition coefficient (Wildman–Crippen LogP) is 4.21. The molecule has 0 fully saturated rings. The number of carboxylic acid groups (broad SMARTS) is 1. The molecular formula is C16H9ClF2O3. The van der Waals surface area contributed by atoms with E-state index in [1.54, 1.807) is 0 Å². The maximum Gasteiger partial charge on any atom is 0.335 e. The number of ketones is 1. The van der Waals surface area contributed by atoms with Gasteiger partial charge in [0.1, 0.15) is 11.6 Å². The van der Waals surface area contributed by atoms with Gasteiger partial charge in [-0.2, -0.15) is 0 Å². The number of carbonyl (C=O) groups excluding carboxylic acids is 1. The number of carbonyl (C=O) groups is 2. The quantitative estimate of drug-likeness (QED) is 0.677. The molecule has 0 saturated heterocycles. The SMILES string of the molecule is O=C(O)c1ccc(C=CC(=O)c2ccc(F)cc2F)c(Cl)c1. The van der Waals surface area contributed by atoms with Crippen LogP contribution in [0.15, 0.2) is 42.5 Å². The number of rotatable bonds is 4. The second-order valence-corrected chi connectivity index (χ2v) is 4.77. The first-order chi connectivity index (χ1) is 10.4. The van der Waals surface area contributed by atoms with Gasteiger partial charge in [0.25, 0.3) is 0 Å². The number of hydrogen-bond donors (Lipinski definition) is 1. The minimum Gasteiger partial charge on any atom is -0.478 e. The van der Waals surface area contributed by atoms with E-state index < -0.39 is 23.4 Å². The van der Waals surface area contributed by atoms with Crippen molar-refractivity contribution in [2.75, 3.05) is 0 Å². The maximum absolute atomic E-state index is 13.5. The zero-order valence-electron chi connectivity index (χ0n) is 11.0. The van der Waals surface area contributed by atoms with Crippen LogP contribution >= 0.6 is 11.6 Å². The zero-order valence-corrected chi connectivity index (χ0v) is 11.8. The van der Waals surface area contributed by atoms with Gasteiger partial charge in [0, 0.05) is 11.1 Å². The van der Waals surface area contributed by atoms with Crippen molar-refractivity contribution in [2.45, 2.75) is 0 Å². The number of halogens is 3. The molecule has 0 heterocycles. The molecule has 0 radical (unpaired) electrons. The highest BCUT2D eigenvalue weighted by Crippen LogP contribution is 2.20. The summed E-state index contributed by atoms with van der Waals surface area (Å²) >= 11 is 5.91. The van der Waals surface area contributed by atoms with Crippen LogP contribution in [0.4, 0.5) is 8.78 Å². The van der Waals surface area contributed by atoms with Crippen molar-refractivity contribution in [2.24, 2.45) is 0 Å². The summed E-state index contributed by atoms with van der Waals surface area (Å²) in [4.78, 5) is 22.6. The van der Waals surface area contributed by atoms with Gasteiger partial charge in [0.2, 0.25) is 0 Å². The molecule has 0 aliphatic carbocycles. The van der Waals surface area contributed by atoms with Gasteiger partial charge in [-0.1, -0.05) is 17.7 Å². The van der Waals surface area contributed by atoms with E-state index in [4.69, 9.17) is 16.7 Å². The minimum absolute atomic E-state index is 0.0121. The van der Waals surface area contributed by atoms with Gasteiger partial charge in [-0.3, -0.25) is 4.79 Å². The number of hydrogen-bond acceptors (Lipinski definition) is 2. The van der Waals surface area contributed by atoms with E-state index in [1.165, 1.54) is 24.3 Å². The number of allylic oxidation sites excluding steroid dienone is 1. The molecule has 0 bridgehead atoms. The summed E-state index contributed by atoms with van der Waals surface area (Å²) in [6.45, 7) is 0. The van der Waals surface area contributed by atoms with Crippen LogP contribution in [0.1, 0.15) is 26.3 Å². The summed E-state index contributed by atoms with van der Waals surface area (Å²) in [5, 5.41) is 8.96. The summed E-state index contributed by atoms with van der Waals surface area (Å²) < 4.78 is 26.2. The van der Waals surface area contributed by atoms with E-state index >= 15 is 0 Å². The molecule has 112 valence electrons. The Morgan fingerprint density at radius 2 is 1.82 bits per heavy atom. The molecule has 2 aromatic rings. The number of benzene rings is 2. The second kappa shape index (κ2) is 6.49. The molecule has 1 N–H and O–H groups in total. The van der Waals surface area contributed by atoms with Crippen molar-refractivity contribution in [3.8, 4) is 0 Å². The topological polar surface area (TPSA) is 54.4 Å². The highest BCUT2D eigenvalue weighted by atomic mass is 35.5. The fraction of sp³-hybridized carbons (Fsp3) is 0. The highest BCUT2D eigenvalue weighted by Gasteiger charge is 2.10. The average Bonchev–Trinajstić information content (AvgIpc) is 2.45. The highest BCUT2D eigenvalue weighted by molar-refractivity contribution is 6.32. The van der Waals surface area contributed by atoms with Crippen LogP contribution in [0.2, 0.25) is 5.02 Å². The Labute approximate surface area is 129 Å². The van der Waals surface area contributed by atoms with Crippen molar-refractivity contribution in [1.29, 1.82) is 0 Å². The Kier molecular flexibility index (Phi) is 4.68. The molecule has 2 rings (SSSR count). The van der Waals surface area contributed by atoms with Crippen molar-refractivity contribution >= 4 is 29.4 Å². The molecule has 6 heteroatoms. The first kappa shape index (κ1) is 15.9. The normalized spacial score (nSPS) is 10.9. The Balaban J connectivity index is 2.24. The molecule has 0 aromatic heterocycles. The lowest BCUT2D eigenvalue weighted by Gasteiger charge is -2.01. The maximum atomic E-state index is 13.5. The van der Waals surface area contributed by atoms with Gasteiger partial charge in [-0.25, -0.2) is 13.6 Å². The molecule has 0 atom stereocenters. The Bertz CT molecular complexity index is 785. The van der Waals surface area contributed by atoms with Crippen LogP contribution < -0.4 is 0 Å². The standard InChI is InChI=1S/C16H9ClF2O3/c17-13-7-10(16(21)22)2-1-9(13)3-6-15(20)12-5-4-11(18)8-14(12)19/h1-8H,(H,21,22). The minimum atomic E-state index is -1.12. The molecule has 3 nitrogen and oxygen atoms in total. The van der Waals surface area contributed by atoms with Crippen LogP contribution in [0, 0.1) is 11.6 Å². The Hall–Kier alpha value is -2.53. The van der Waals surface area contributed by atoms with E-state index in [0.29, 0.717) is 11.6 Å². The number of carboxylic acids is 1. The molecule has 0 aliphatic rings. The van der Waals surface area contributed by atoms with Crippen molar-refractivity contribution < 1.29 is 23.5 Å². The van der Waals surface area contributed by atoms with Crippen LogP contribution in [0.25, 0.3) is 6.08 Å². The lowest BCUT2D eigenvalue weighted by molar-refractivity contribution is 0.0696. The second-order valence-electron chi connectivity index (χ2n) is 4.36. The smallest absolute Gasteiger partial charge is 0.335 e. The molecule has 2 aromatic carbocycles. The third-order valence-electron chi connectivity index (χ3n) is 2.86. The third kappa shape index (κ3) is 3.56. The molecule has 0 spiro atoms. The van der Waals surface area contributed by atoms with Crippen molar-refractivity contribution in [1.82, 2.24) is 0 Å². The van der Waals surface area contributed by atoms with Crippen molar-refractivity contribution in [3.63, 3.8) is 0 Å². The van der Waals surface area contributed by atoms with Gasteiger partial charge >= 0.3 is 5.97 Å². The fourth-order valence-electron chi connectivity index (χ4n) is 1.74. The summed E-state index contributed by atoms with van der Waals surface area (Å²) in [6.07, 6.45) is 2.41. The first-order valence-electron chi connectivity index (χ1n) is 6.09. The third-order valence-corrected chi connectivity index (χ3v) is 3.19. The predicted molar refractivity (Wildman–Crippen MR) is 78.1 cm³/mol. The lowest BCUT2D eigenvalue weighted by atomic mass is 10.1. The fourth-order valence-corrected chi connectivity index (χ4v) is 1.98. The van der Waals surface area contributed by atoms with Crippen LogP contribution in [-0.2, 0) is 0 Å². The molecule has 0 unspecified atom stereocenters. The number of aromatic carboxylic acids is 1. The average molecular weight is 323 g/mol. The van der Waals surface area contributed by atoms with E-state index in [9.17, 15) is 18.4 Å². The summed E-state index contributed by atoms with van der Waals surface area (Å²) in [5.41, 5.74) is 0.150. The molecular weight excluding hydrogens is 314 g/mol. The van der Waals surface area contributed by atoms with Crippen LogP contribution in [0.3, 0.4) is 0 Å². The monoisotopic (exact) mass is 322 g/mol.